The van der Waals surface area contributed by atoms with Crippen molar-refractivity contribution in [3.05, 3.63) is 83.4 Å². The van der Waals surface area contributed by atoms with Gasteiger partial charge in [-0.1, -0.05) is 67.4 Å². The maximum atomic E-state index is 11.3. The molecule has 0 atom stereocenters. The van der Waals surface area contributed by atoms with Gasteiger partial charge in [0.15, 0.2) is 0 Å². The first-order valence-corrected chi connectivity index (χ1v) is 13.3. The Morgan fingerprint density at radius 3 is 2.36 bits per heavy atom. The van der Waals surface area contributed by atoms with Gasteiger partial charge >= 0.3 is 5.97 Å². The van der Waals surface area contributed by atoms with Crippen LogP contribution < -0.4 is 10.1 Å². The number of nitrogens with zero attached hydrogens (tertiary/aromatic N) is 1. The van der Waals surface area contributed by atoms with E-state index >= 15 is 0 Å². The van der Waals surface area contributed by atoms with Crippen molar-refractivity contribution in [1.29, 1.82) is 0 Å². The summed E-state index contributed by atoms with van der Waals surface area (Å²) in [6.45, 7) is 3.54. The molecule has 5 rings (SSSR count). The Morgan fingerprint density at radius 2 is 1.61 bits per heavy atom. The number of benzene rings is 3. The maximum absolute atomic E-state index is 11.3. The van der Waals surface area contributed by atoms with Crippen LogP contribution in [0, 0.1) is 0 Å². The van der Waals surface area contributed by atoms with Crippen molar-refractivity contribution < 1.29 is 14.6 Å². The quantitative estimate of drug-likeness (QED) is 0.390. The first-order chi connectivity index (χ1) is 17.7. The number of nitrogens with one attached hydrogen (secondary N) is 1. The number of aromatic carboxylic acids is 1. The standard InChI is InChI=1S/C31H36N2O3/c34-31(35)26-14-12-23(13-15-26)20-24(22-36-30-11-5-7-25-6-1-4-10-29(25)30)21-33(27-8-2-3-9-27)28-16-18-32-19-17-28/h1,4-7,10-15,20,27-28,32H,2-3,8-9,16-19,21-22H2,(H,34,35). The molecule has 2 N–H and O–H groups in total. The normalized spacial score (nSPS) is 17.6. The number of piperidine rings is 1. The van der Waals surface area contributed by atoms with Gasteiger partial charge in [-0.15, -0.1) is 0 Å². The smallest absolute Gasteiger partial charge is 0.335 e. The van der Waals surface area contributed by atoms with Crippen LogP contribution in [0.3, 0.4) is 0 Å². The molecule has 2 fully saturated rings. The molecule has 1 aliphatic carbocycles. The maximum Gasteiger partial charge on any atom is 0.335 e. The number of fused-ring (bicyclic) bond motifs is 1. The van der Waals surface area contributed by atoms with Gasteiger partial charge < -0.3 is 15.2 Å². The van der Waals surface area contributed by atoms with E-state index in [9.17, 15) is 9.90 Å². The predicted octanol–water partition coefficient (Wildman–Crippen LogP) is 6.00. The minimum absolute atomic E-state index is 0.308. The van der Waals surface area contributed by atoms with Crippen molar-refractivity contribution in [3.8, 4) is 5.75 Å². The second-order valence-electron chi connectivity index (χ2n) is 10.1. The SMILES string of the molecule is O=C(O)c1ccc(C=C(COc2cccc3ccccc23)CN(C2CCCC2)C2CCNCC2)cc1. The van der Waals surface area contributed by atoms with E-state index in [1.807, 2.05) is 24.3 Å². The van der Waals surface area contributed by atoms with Crippen molar-refractivity contribution in [2.75, 3.05) is 26.2 Å². The summed E-state index contributed by atoms with van der Waals surface area (Å²) in [4.78, 5) is 14.1. The van der Waals surface area contributed by atoms with Gasteiger partial charge in [-0.25, -0.2) is 4.79 Å². The third-order valence-electron chi connectivity index (χ3n) is 7.65. The van der Waals surface area contributed by atoms with Crippen molar-refractivity contribution in [2.45, 2.75) is 50.6 Å². The predicted molar refractivity (Wildman–Crippen MR) is 146 cm³/mol. The number of rotatable bonds is 9. The van der Waals surface area contributed by atoms with E-state index in [0.717, 1.165) is 36.3 Å². The van der Waals surface area contributed by atoms with E-state index in [2.05, 4.69) is 46.6 Å². The van der Waals surface area contributed by atoms with Crippen LogP contribution in [0.2, 0.25) is 0 Å². The largest absolute Gasteiger partial charge is 0.489 e. The van der Waals surface area contributed by atoms with Crippen LogP contribution in [0.15, 0.2) is 72.3 Å². The molecule has 3 aromatic carbocycles. The zero-order valence-electron chi connectivity index (χ0n) is 20.9. The molecular formula is C31H36N2O3. The second-order valence-corrected chi connectivity index (χ2v) is 10.1. The number of carboxylic acid groups (broad SMARTS) is 1. The van der Waals surface area contributed by atoms with Crippen LogP contribution in [0.5, 0.6) is 5.75 Å². The molecule has 1 aliphatic heterocycles. The molecule has 2 aliphatic rings. The summed E-state index contributed by atoms with van der Waals surface area (Å²) >= 11 is 0. The highest BCUT2D eigenvalue weighted by atomic mass is 16.5. The second kappa shape index (κ2) is 11.7. The van der Waals surface area contributed by atoms with E-state index in [4.69, 9.17) is 4.74 Å². The van der Waals surface area contributed by atoms with Crippen molar-refractivity contribution in [1.82, 2.24) is 10.2 Å². The zero-order valence-corrected chi connectivity index (χ0v) is 20.9. The van der Waals surface area contributed by atoms with E-state index in [-0.39, 0.29) is 0 Å². The topological polar surface area (TPSA) is 61.8 Å². The van der Waals surface area contributed by atoms with Crippen molar-refractivity contribution in [2.24, 2.45) is 0 Å². The van der Waals surface area contributed by atoms with Crippen LogP contribution in [0.1, 0.15) is 54.4 Å². The Hall–Kier alpha value is -3.15. The Bertz CT molecular complexity index is 1190. The summed E-state index contributed by atoms with van der Waals surface area (Å²) in [5, 5.41) is 15.1. The Kier molecular flexibility index (Phi) is 7.99. The molecule has 3 aromatic rings. The highest BCUT2D eigenvalue weighted by molar-refractivity contribution is 5.88. The van der Waals surface area contributed by atoms with Gasteiger partial charge in [0.2, 0.25) is 0 Å². The van der Waals surface area contributed by atoms with Crippen molar-refractivity contribution >= 4 is 22.8 Å². The lowest BCUT2D eigenvalue weighted by atomic mass is 9.99. The van der Waals surface area contributed by atoms with E-state index in [1.165, 1.54) is 49.5 Å². The molecule has 0 amide bonds. The third-order valence-corrected chi connectivity index (χ3v) is 7.65. The van der Waals surface area contributed by atoms with Crippen LogP contribution >= 0.6 is 0 Å². The lowest BCUT2D eigenvalue weighted by Gasteiger charge is -2.39. The summed E-state index contributed by atoms with van der Waals surface area (Å²) in [6, 6.07) is 22.9. The van der Waals surface area contributed by atoms with Crippen LogP contribution in [-0.4, -0.2) is 54.3 Å². The molecule has 1 saturated carbocycles. The molecule has 188 valence electrons. The van der Waals surface area contributed by atoms with Gasteiger partial charge in [0.1, 0.15) is 12.4 Å². The molecule has 0 aromatic heterocycles. The van der Waals surface area contributed by atoms with E-state index < -0.39 is 5.97 Å². The Labute approximate surface area is 213 Å². The number of hydrogen-bond donors (Lipinski definition) is 2. The first kappa shape index (κ1) is 24.5. The van der Waals surface area contributed by atoms with Crippen LogP contribution in [0.4, 0.5) is 0 Å². The fourth-order valence-corrected chi connectivity index (χ4v) is 5.75. The molecule has 5 nitrogen and oxygen atoms in total. The highest BCUT2D eigenvalue weighted by Gasteiger charge is 2.30. The number of ether oxygens (including phenoxy) is 1. The van der Waals surface area contributed by atoms with Gasteiger partial charge in [-0.05, 0) is 73.5 Å². The summed E-state index contributed by atoms with van der Waals surface area (Å²) in [5.74, 6) is -0.00198. The minimum atomic E-state index is -0.900. The van der Waals surface area contributed by atoms with Crippen LogP contribution in [0.25, 0.3) is 16.8 Å². The highest BCUT2D eigenvalue weighted by Crippen LogP contribution is 2.30. The number of hydrogen-bond acceptors (Lipinski definition) is 4. The van der Waals surface area contributed by atoms with Gasteiger partial charge in [0.25, 0.3) is 0 Å². The monoisotopic (exact) mass is 484 g/mol. The van der Waals surface area contributed by atoms with Gasteiger partial charge in [-0.2, -0.15) is 0 Å². The summed E-state index contributed by atoms with van der Waals surface area (Å²) < 4.78 is 6.47. The molecule has 0 radical (unpaired) electrons. The summed E-state index contributed by atoms with van der Waals surface area (Å²) in [7, 11) is 0. The fourth-order valence-electron chi connectivity index (χ4n) is 5.75. The number of carbonyl (C=O) groups is 1. The molecule has 1 heterocycles. The first-order valence-electron chi connectivity index (χ1n) is 13.3. The average molecular weight is 485 g/mol. The molecule has 1 saturated heterocycles. The molecule has 0 spiro atoms. The summed E-state index contributed by atoms with van der Waals surface area (Å²) in [5.41, 5.74) is 2.53. The summed E-state index contributed by atoms with van der Waals surface area (Å²) in [6.07, 6.45) is 9.73. The third kappa shape index (κ3) is 5.97. The Balaban J connectivity index is 1.42. The molecule has 0 unspecified atom stereocenters. The molecule has 36 heavy (non-hydrogen) atoms. The number of carboxylic acids is 1. The lowest BCUT2D eigenvalue weighted by Crippen LogP contribution is -2.48. The van der Waals surface area contributed by atoms with Gasteiger partial charge in [-0.3, -0.25) is 4.90 Å². The fraction of sp³-hybridized carbons (Fsp3) is 0.387. The molecule has 0 bridgehead atoms. The average Bonchev–Trinajstić information content (AvgIpc) is 3.45. The lowest BCUT2D eigenvalue weighted by molar-refractivity contribution is 0.0697. The van der Waals surface area contributed by atoms with Crippen LogP contribution in [-0.2, 0) is 0 Å². The molecular weight excluding hydrogens is 448 g/mol. The minimum Gasteiger partial charge on any atom is -0.489 e. The molecule has 5 heteroatoms. The van der Waals surface area contributed by atoms with Crippen molar-refractivity contribution in [3.63, 3.8) is 0 Å². The van der Waals surface area contributed by atoms with E-state index in [0.29, 0.717) is 24.3 Å². The van der Waals surface area contributed by atoms with E-state index in [1.54, 1.807) is 12.1 Å². The zero-order chi connectivity index (χ0) is 24.7. The van der Waals surface area contributed by atoms with Gasteiger partial charge in [0.05, 0.1) is 5.56 Å². The van der Waals surface area contributed by atoms with Gasteiger partial charge in [0, 0.05) is 24.0 Å². The Morgan fingerprint density at radius 1 is 0.917 bits per heavy atom.